The van der Waals surface area contributed by atoms with E-state index in [9.17, 15) is 0 Å². The van der Waals surface area contributed by atoms with Gasteiger partial charge in [0.05, 0.1) is 0 Å². The standard InChI is InChI=1S/C17H19N/c1-17(11-12-17)18-13-14-7-9-16(10-8-14)15-5-3-2-4-6-15/h2-10,18H,11-13H2,1H3. The summed E-state index contributed by atoms with van der Waals surface area (Å²) in [6, 6.07) is 19.4. The zero-order valence-electron chi connectivity index (χ0n) is 10.8. The number of hydrogen-bond donors (Lipinski definition) is 1. The molecule has 2 aromatic carbocycles. The van der Waals surface area contributed by atoms with Crippen molar-refractivity contribution in [1.82, 2.24) is 5.32 Å². The van der Waals surface area contributed by atoms with Crippen molar-refractivity contribution >= 4 is 0 Å². The van der Waals surface area contributed by atoms with Gasteiger partial charge in [0.1, 0.15) is 0 Å². The molecule has 18 heavy (non-hydrogen) atoms. The van der Waals surface area contributed by atoms with E-state index in [0.717, 1.165) is 6.54 Å². The number of benzene rings is 2. The molecule has 2 aromatic rings. The van der Waals surface area contributed by atoms with Gasteiger partial charge in [0.25, 0.3) is 0 Å². The SMILES string of the molecule is CC1(NCc2ccc(-c3ccccc3)cc2)CC1. The van der Waals surface area contributed by atoms with E-state index in [1.165, 1.54) is 29.5 Å². The van der Waals surface area contributed by atoms with Crippen LogP contribution in [-0.4, -0.2) is 5.54 Å². The van der Waals surface area contributed by atoms with Gasteiger partial charge in [-0.25, -0.2) is 0 Å². The highest BCUT2D eigenvalue weighted by Crippen LogP contribution is 2.34. The van der Waals surface area contributed by atoms with Gasteiger partial charge in [0.2, 0.25) is 0 Å². The third-order valence-corrected chi connectivity index (χ3v) is 3.78. The van der Waals surface area contributed by atoms with Gasteiger partial charge in [0.15, 0.2) is 0 Å². The minimum Gasteiger partial charge on any atom is -0.307 e. The van der Waals surface area contributed by atoms with Crippen molar-refractivity contribution in [3.05, 3.63) is 60.2 Å². The summed E-state index contributed by atoms with van der Waals surface area (Å²) in [6.45, 7) is 3.27. The summed E-state index contributed by atoms with van der Waals surface area (Å²) in [7, 11) is 0. The van der Waals surface area contributed by atoms with Crippen LogP contribution in [0.4, 0.5) is 0 Å². The molecule has 0 aromatic heterocycles. The molecule has 0 aliphatic heterocycles. The fourth-order valence-corrected chi connectivity index (χ4v) is 2.13. The smallest absolute Gasteiger partial charge is 0.0210 e. The average molecular weight is 237 g/mol. The first-order valence-corrected chi connectivity index (χ1v) is 6.65. The second-order valence-electron chi connectivity index (χ2n) is 5.48. The Bertz CT molecular complexity index is 509. The molecule has 0 amide bonds. The van der Waals surface area contributed by atoms with Gasteiger partial charge in [-0.15, -0.1) is 0 Å². The molecule has 0 atom stereocenters. The zero-order valence-corrected chi connectivity index (χ0v) is 10.8. The van der Waals surface area contributed by atoms with E-state index in [1.807, 2.05) is 0 Å². The average Bonchev–Trinajstić information content (AvgIpc) is 3.17. The van der Waals surface area contributed by atoms with E-state index >= 15 is 0 Å². The Morgan fingerprint density at radius 3 is 2.11 bits per heavy atom. The van der Waals surface area contributed by atoms with Crippen LogP contribution in [0.25, 0.3) is 11.1 Å². The molecule has 1 aliphatic carbocycles. The summed E-state index contributed by atoms with van der Waals surface area (Å²) in [5.74, 6) is 0. The van der Waals surface area contributed by atoms with E-state index in [-0.39, 0.29) is 0 Å². The Labute approximate surface area is 109 Å². The van der Waals surface area contributed by atoms with Gasteiger partial charge in [-0.1, -0.05) is 54.6 Å². The molecule has 1 aliphatic rings. The lowest BCUT2D eigenvalue weighted by Gasteiger charge is -2.11. The Kier molecular flexibility index (Phi) is 2.92. The lowest BCUT2D eigenvalue weighted by molar-refractivity contribution is 0.538. The van der Waals surface area contributed by atoms with E-state index in [2.05, 4.69) is 66.8 Å². The Morgan fingerprint density at radius 1 is 0.889 bits per heavy atom. The third kappa shape index (κ3) is 2.62. The number of rotatable bonds is 4. The second-order valence-corrected chi connectivity index (χ2v) is 5.48. The predicted molar refractivity (Wildman–Crippen MR) is 76.4 cm³/mol. The molecule has 0 unspecified atom stereocenters. The molecule has 1 saturated carbocycles. The van der Waals surface area contributed by atoms with Gasteiger partial charge in [0, 0.05) is 12.1 Å². The van der Waals surface area contributed by atoms with E-state index < -0.39 is 0 Å². The van der Waals surface area contributed by atoms with Crippen LogP contribution in [0, 0.1) is 0 Å². The van der Waals surface area contributed by atoms with Crippen molar-refractivity contribution in [2.75, 3.05) is 0 Å². The number of hydrogen-bond acceptors (Lipinski definition) is 1. The first-order chi connectivity index (χ1) is 8.75. The van der Waals surface area contributed by atoms with Crippen LogP contribution in [0.1, 0.15) is 25.3 Å². The summed E-state index contributed by atoms with van der Waals surface area (Å²) in [5.41, 5.74) is 4.35. The quantitative estimate of drug-likeness (QED) is 0.847. The molecular formula is C17H19N. The highest BCUT2D eigenvalue weighted by molar-refractivity contribution is 5.63. The van der Waals surface area contributed by atoms with Crippen molar-refractivity contribution in [2.45, 2.75) is 31.8 Å². The first-order valence-electron chi connectivity index (χ1n) is 6.65. The zero-order chi connectivity index (χ0) is 12.4. The lowest BCUT2D eigenvalue weighted by atomic mass is 10.0. The highest BCUT2D eigenvalue weighted by Gasteiger charge is 2.36. The van der Waals surface area contributed by atoms with Crippen LogP contribution in [0.15, 0.2) is 54.6 Å². The van der Waals surface area contributed by atoms with Crippen molar-refractivity contribution in [2.24, 2.45) is 0 Å². The fourth-order valence-electron chi connectivity index (χ4n) is 2.13. The first kappa shape index (κ1) is 11.5. The van der Waals surface area contributed by atoms with Crippen LogP contribution in [-0.2, 0) is 6.54 Å². The maximum Gasteiger partial charge on any atom is 0.0210 e. The second kappa shape index (κ2) is 4.58. The monoisotopic (exact) mass is 237 g/mol. The topological polar surface area (TPSA) is 12.0 Å². The molecule has 1 fully saturated rings. The maximum absolute atomic E-state index is 3.61. The molecule has 3 rings (SSSR count). The molecule has 0 heterocycles. The Balaban J connectivity index is 1.69. The maximum atomic E-state index is 3.61. The third-order valence-electron chi connectivity index (χ3n) is 3.78. The predicted octanol–water partition coefficient (Wildman–Crippen LogP) is 4.00. The largest absolute Gasteiger partial charge is 0.307 e. The molecule has 1 heteroatoms. The minimum absolute atomic E-state index is 0.415. The van der Waals surface area contributed by atoms with Gasteiger partial charge < -0.3 is 5.32 Å². The van der Waals surface area contributed by atoms with Gasteiger partial charge in [-0.05, 0) is 36.5 Å². The van der Waals surface area contributed by atoms with Crippen molar-refractivity contribution in [3.8, 4) is 11.1 Å². The Morgan fingerprint density at radius 2 is 1.50 bits per heavy atom. The van der Waals surface area contributed by atoms with Crippen LogP contribution in [0.2, 0.25) is 0 Å². The molecule has 0 saturated heterocycles. The molecule has 0 spiro atoms. The van der Waals surface area contributed by atoms with Crippen molar-refractivity contribution in [3.63, 3.8) is 0 Å². The van der Waals surface area contributed by atoms with Crippen molar-refractivity contribution < 1.29 is 0 Å². The van der Waals surface area contributed by atoms with Crippen LogP contribution in [0.5, 0.6) is 0 Å². The summed E-state index contributed by atoms with van der Waals surface area (Å²) in [4.78, 5) is 0. The normalized spacial score (nSPS) is 16.5. The van der Waals surface area contributed by atoms with Crippen molar-refractivity contribution in [1.29, 1.82) is 0 Å². The Hall–Kier alpha value is -1.60. The van der Waals surface area contributed by atoms with Crippen LogP contribution < -0.4 is 5.32 Å². The summed E-state index contributed by atoms with van der Waals surface area (Å²) in [5, 5.41) is 3.61. The van der Waals surface area contributed by atoms with Gasteiger partial charge in [-0.2, -0.15) is 0 Å². The van der Waals surface area contributed by atoms with Gasteiger partial charge >= 0.3 is 0 Å². The molecule has 0 radical (unpaired) electrons. The summed E-state index contributed by atoms with van der Waals surface area (Å²) >= 11 is 0. The van der Waals surface area contributed by atoms with Gasteiger partial charge in [-0.3, -0.25) is 0 Å². The lowest BCUT2D eigenvalue weighted by Crippen LogP contribution is -2.26. The number of nitrogens with one attached hydrogen (secondary N) is 1. The molecule has 1 N–H and O–H groups in total. The molecule has 92 valence electrons. The fraction of sp³-hybridized carbons (Fsp3) is 0.294. The van der Waals surface area contributed by atoms with Crippen LogP contribution >= 0.6 is 0 Å². The molecule has 1 nitrogen and oxygen atoms in total. The summed E-state index contributed by atoms with van der Waals surface area (Å²) < 4.78 is 0. The van der Waals surface area contributed by atoms with E-state index in [1.54, 1.807) is 0 Å². The minimum atomic E-state index is 0.415. The highest BCUT2D eigenvalue weighted by atomic mass is 15.0. The molecule has 0 bridgehead atoms. The van der Waals surface area contributed by atoms with Crippen LogP contribution in [0.3, 0.4) is 0 Å². The molecular weight excluding hydrogens is 218 g/mol. The summed E-state index contributed by atoms with van der Waals surface area (Å²) in [6.07, 6.45) is 2.63. The van der Waals surface area contributed by atoms with E-state index in [4.69, 9.17) is 0 Å². The van der Waals surface area contributed by atoms with E-state index in [0.29, 0.717) is 5.54 Å².